The minimum Gasteiger partial charge on any atom is -0.488 e. The molecule has 0 bridgehead atoms. The van der Waals surface area contributed by atoms with Gasteiger partial charge in [-0.1, -0.05) is 26.0 Å². The fourth-order valence-electron chi connectivity index (χ4n) is 4.29. The molecule has 0 amide bonds. The van der Waals surface area contributed by atoms with Crippen LogP contribution in [0.15, 0.2) is 47.3 Å². The van der Waals surface area contributed by atoms with Gasteiger partial charge < -0.3 is 14.4 Å². The molecule has 1 aliphatic rings. The van der Waals surface area contributed by atoms with Crippen molar-refractivity contribution in [2.75, 3.05) is 11.4 Å². The van der Waals surface area contributed by atoms with Crippen molar-refractivity contribution in [2.45, 2.75) is 52.5 Å². The van der Waals surface area contributed by atoms with Crippen LogP contribution >= 0.6 is 0 Å². The molecule has 0 fully saturated rings. The highest BCUT2D eigenvalue weighted by Gasteiger charge is 2.29. The van der Waals surface area contributed by atoms with Gasteiger partial charge in [-0.25, -0.2) is 9.18 Å². The van der Waals surface area contributed by atoms with Crippen LogP contribution < -0.4 is 20.1 Å². The average molecular weight is 488 g/mol. The van der Waals surface area contributed by atoms with Gasteiger partial charge in [0.05, 0.1) is 11.1 Å². The molecule has 0 saturated heterocycles. The van der Waals surface area contributed by atoms with Crippen molar-refractivity contribution in [3.63, 3.8) is 0 Å². The molecule has 1 unspecified atom stereocenters. The van der Waals surface area contributed by atoms with Gasteiger partial charge >= 0.3 is 5.69 Å². The van der Waals surface area contributed by atoms with Gasteiger partial charge in [0, 0.05) is 25.2 Å². The summed E-state index contributed by atoms with van der Waals surface area (Å²) in [5, 5.41) is 18.6. The monoisotopic (exact) mass is 487 g/mol. The highest BCUT2D eigenvalue weighted by molar-refractivity contribution is 5.48. The minimum atomic E-state index is -0.591. The number of halogens is 1. The van der Waals surface area contributed by atoms with E-state index in [1.165, 1.54) is 18.2 Å². The summed E-state index contributed by atoms with van der Waals surface area (Å²) < 4.78 is 26.8. The van der Waals surface area contributed by atoms with Crippen molar-refractivity contribution >= 4 is 5.82 Å². The van der Waals surface area contributed by atoms with Crippen LogP contribution in [0.2, 0.25) is 0 Å². The van der Waals surface area contributed by atoms with Crippen LogP contribution in [0.5, 0.6) is 11.6 Å². The summed E-state index contributed by atoms with van der Waals surface area (Å²) in [5.74, 6) is 0.832. The number of rotatable bonds is 9. The van der Waals surface area contributed by atoms with Gasteiger partial charge in [-0.05, 0) is 48.2 Å². The molecular formula is C27H26FN5O3. The maximum Gasteiger partial charge on any atom is 0.352 e. The van der Waals surface area contributed by atoms with Crippen LogP contribution in [0.4, 0.5) is 10.2 Å². The lowest BCUT2D eigenvalue weighted by atomic mass is 10.1. The lowest BCUT2D eigenvalue weighted by Crippen LogP contribution is -2.31. The third-order valence-corrected chi connectivity index (χ3v) is 6.13. The van der Waals surface area contributed by atoms with E-state index in [2.05, 4.69) is 29.8 Å². The Morgan fingerprint density at radius 2 is 1.72 bits per heavy atom. The zero-order valence-corrected chi connectivity index (χ0v) is 20.2. The number of benzene rings is 2. The average Bonchev–Trinajstić information content (AvgIpc) is 3.25. The Balaban J connectivity index is 1.46. The van der Waals surface area contributed by atoms with Crippen molar-refractivity contribution in [1.82, 2.24) is 9.55 Å². The van der Waals surface area contributed by atoms with Crippen molar-refractivity contribution in [3.8, 4) is 23.8 Å². The van der Waals surface area contributed by atoms with Crippen molar-refractivity contribution < 1.29 is 13.9 Å². The summed E-state index contributed by atoms with van der Waals surface area (Å²) in [6.45, 7) is 5.90. The fourth-order valence-corrected chi connectivity index (χ4v) is 4.29. The second-order valence-corrected chi connectivity index (χ2v) is 8.55. The van der Waals surface area contributed by atoms with E-state index in [4.69, 9.17) is 14.7 Å². The quantitative estimate of drug-likeness (QED) is 0.443. The van der Waals surface area contributed by atoms with Gasteiger partial charge in [0.25, 0.3) is 0 Å². The molecule has 0 saturated carbocycles. The number of ether oxygens (including phenoxy) is 2. The normalized spacial score (nSPS) is 14.1. The van der Waals surface area contributed by atoms with Crippen LogP contribution in [0.1, 0.15) is 48.9 Å². The summed E-state index contributed by atoms with van der Waals surface area (Å²) in [5.41, 5.74) is 1.24. The third kappa shape index (κ3) is 5.16. The first kappa shape index (κ1) is 24.7. The summed E-state index contributed by atoms with van der Waals surface area (Å²) in [6.07, 6.45) is 1.90. The zero-order chi connectivity index (χ0) is 25.7. The molecule has 0 spiro atoms. The second kappa shape index (κ2) is 10.9. The van der Waals surface area contributed by atoms with Gasteiger partial charge in [-0.15, -0.1) is 0 Å². The topological polar surface area (TPSA) is 104 Å². The number of hydrogen-bond donors (Lipinski definition) is 0. The first-order chi connectivity index (χ1) is 17.5. The van der Waals surface area contributed by atoms with E-state index < -0.39 is 5.82 Å². The minimum absolute atomic E-state index is 0.0630. The van der Waals surface area contributed by atoms with E-state index in [9.17, 15) is 14.4 Å². The van der Waals surface area contributed by atoms with E-state index in [-0.39, 0.29) is 36.4 Å². The third-order valence-electron chi connectivity index (χ3n) is 6.13. The maximum absolute atomic E-state index is 13.5. The Hall–Kier alpha value is -4.37. The maximum atomic E-state index is 13.5. The first-order valence-corrected chi connectivity index (χ1v) is 11.8. The molecule has 0 aliphatic carbocycles. The second-order valence-electron chi connectivity index (χ2n) is 8.55. The Kier molecular flexibility index (Phi) is 7.50. The Bertz CT molecular complexity index is 1410. The van der Waals surface area contributed by atoms with E-state index in [0.29, 0.717) is 29.0 Å². The highest BCUT2D eigenvalue weighted by atomic mass is 19.1. The lowest BCUT2D eigenvalue weighted by Gasteiger charge is -2.24. The van der Waals surface area contributed by atoms with Crippen molar-refractivity contribution in [1.29, 1.82) is 10.5 Å². The molecule has 36 heavy (non-hydrogen) atoms. The number of anilines is 1. The molecule has 1 aromatic heterocycles. The summed E-state index contributed by atoms with van der Waals surface area (Å²) >= 11 is 0. The van der Waals surface area contributed by atoms with Crippen LogP contribution in [0, 0.1) is 28.5 Å². The van der Waals surface area contributed by atoms with Crippen molar-refractivity contribution in [2.24, 2.45) is 0 Å². The predicted molar refractivity (Wildman–Crippen MR) is 131 cm³/mol. The lowest BCUT2D eigenvalue weighted by molar-refractivity contribution is 0.289. The summed E-state index contributed by atoms with van der Waals surface area (Å²) in [4.78, 5) is 18.9. The molecule has 3 aromatic rings. The predicted octanol–water partition coefficient (Wildman–Crippen LogP) is 4.29. The number of nitrogens with zero attached hydrogens (tertiary/aromatic N) is 5. The molecular weight excluding hydrogens is 461 g/mol. The first-order valence-electron chi connectivity index (χ1n) is 11.8. The van der Waals surface area contributed by atoms with Crippen LogP contribution in [0.25, 0.3) is 0 Å². The molecule has 1 aliphatic heterocycles. The Morgan fingerprint density at radius 1 is 1.03 bits per heavy atom. The molecule has 2 aromatic carbocycles. The molecule has 0 radical (unpaired) electrons. The molecule has 8 nitrogen and oxygen atoms in total. The smallest absolute Gasteiger partial charge is 0.352 e. The number of aromatic nitrogens is 2. The van der Waals surface area contributed by atoms with Gasteiger partial charge in [0.1, 0.15) is 42.7 Å². The Labute approximate surface area is 208 Å². The molecule has 2 heterocycles. The fraction of sp³-hybridized carbons (Fsp3) is 0.333. The SMILES string of the molecule is CCCN1c2cc(OCc3ccc(OCc4ccc(F)c(C#N)c4)c(C#N)c3)nc(=O)n2CC1CC. The van der Waals surface area contributed by atoms with Gasteiger partial charge in [-0.3, -0.25) is 4.57 Å². The van der Waals surface area contributed by atoms with E-state index in [0.717, 1.165) is 25.2 Å². The van der Waals surface area contributed by atoms with Gasteiger partial charge in [0.15, 0.2) is 0 Å². The molecule has 184 valence electrons. The largest absolute Gasteiger partial charge is 0.488 e. The van der Waals surface area contributed by atoms with Crippen LogP contribution in [-0.2, 0) is 19.8 Å². The highest BCUT2D eigenvalue weighted by Crippen LogP contribution is 2.29. The Morgan fingerprint density at radius 3 is 2.42 bits per heavy atom. The number of hydrogen-bond acceptors (Lipinski definition) is 7. The molecule has 1 atom stereocenters. The molecule has 0 N–H and O–H groups in total. The summed E-state index contributed by atoms with van der Waals surface area (Å²) in [6, 6.07) is 15.2. The van der Waals surface area contributed by atoms with Crippen LogP contribution in [0.3, 0.4) is 0 Å². The molecule has 4 rings (SSSR count). The number of nitriles is 2. The van der Waals surface area contributed by atoms with Crippen LogP contribution in [-0.4, -0.2) is 22.1 Å². The molecule has 9 heteroatoms. The van der Waals surface area contributed by atoms with E-state index in [1.54, 1.807) is 34.9 Å². The zero-order valence-electron chi connectivity index (χ0n) is 20.2. The summed E-state index contributed by atoms with van der Waals surface area (Å²) in [7, 11) is 0. The van der Waals surface area contributed by atoms with E-state index in [1.807, 2.05) is 0 Å². The van der Waals surface area contributed by atoms with Crippen molar-refractivity contribution in [3.05, 3.63) is 81.0 Å². The van der Waals surface area contributed by atoms with Gasteiger partial charge in [-0.2, -0.15) is 15.5 Å². The number of fused-ring (bicyclic) bond motifs is 1. The van der Waals surface area contributed by atoms with E-state index >= 15 is 0 Å². The van der Waals surface area contributed by atoms with Gasteiger partial charge in [0.2, 0.25) is 5.88 Å². The standard InChI is InChI=1S/C27H26FN5O3/c1-3-9-32-22(4-2)15-33-26(32)12-25(31-27(33)34)36-17-19-6-8-24(21(11-19)14-30)35-16-18-5-7-23(28)20(10-18)13-29/h5-8,10-12,22H,3-4,9,15-17H2,1-2H3.